The first-order valence-corrected chi connectivity index (χ1v) is 8.50. The maximum Gasteiger partial charge on any atom is 0.331 e. The fourth-order valence-electron chi connectivity index (χ4n) is 2.32. The van der Waals surface area contributed by atoms with Crippen LogP contribution >= 0.6 is 0 Å². The Balaban J connectivity index is 2.01. The molecule has 0 saturated heterocycles. The van der Waals surface area contributed by atoms with Crippen molar-refractivity contribution in [3.8, 4) is 11.5 Å². The zero-order valence-corrected chi connectivity index (χ0v) is 16.1. The van der Waals surface area contributed by atoms with Gasteiger partial charge in [-0.15, -0.1) is 0 Å². The summed E-state index contributed by atoms with van der Waals surface area (Å²) in [6, 6.07) is 10.8. The maximum absolute atomic E-state index is 12.3. The zero-order valence-electron chi connectivity index (χ0n) is 16.1. The Labute approximate surface area is 167 Å². The van der Waals surface area contributed by atoms with E-state index in [9.17, 15) is 19.7 Å². The van der Waals surface area contributed by atoms with Crippen LogP contribution in [-0.2, 0) is 14.3 Å². The van der Waals surface area contributed by atoms with E-state index < -0.39 is 22.9 Å². The topological polar surface area (TPSA) is 117 Å². The van der Waals surface area contributed by atoms with Gasteiger partial charge in [-0.25, -0.2) is 4.79 Å². The van der Waals surface area contributed by atoms with Crippen molar-refractivity contribution in [3.05, 3.63) is 64.2 Å². The van der Waals surface area contributed by atoms with Crippen LogP contribution in [0.3, 0.4) is 0 Å². The van der Waals surface area contributed by atoms with Crippen LogP contribution < -0.4 is 14.8 Å². The standard InChI is InChI=1S/C20H20N2O7/c1-13(29-19(23)10-7-14-5-4-6-16(11-14)27-2)20(24)21-17-12-15(22(25)26)8-9-18(17)28-3/h4-13H,1-3H3,(H,21,24)/b10-7+/t13-/m1/s1. The lowest BCUT2D eigenvalue weighted by Crippen LogP contribution is -2.29. The minimum Gasteiger partial charge on any atom is -0.497 e. The SMILES string of the molecule is COc1cccc(/C=C/C(=O)O[C@H](C)C(=O)Nc2cc([N+](=O)[O-])ccc2OC)c1. The first kappa shape index (κ1) is 21.4. The first-order chi connectivity index (χ1) is 13.8. The van der Waals surface area contributed by atoms with E-state index in [1.807, 2.05) is 0 Å². The van der Waals surface area contributed by atoms with Gasteiger partial charge in [0.2, 0.25) is 0 Å². The molecule has 9 heteroatoms. The van der Waals surface area contributed by atoms with Crippen molar-refractivity contribution in [1.29, 1.82) is 0 Å². The van der Waals surface area contributed by atoms with Crippen LogP contribution in [-0.4, -0.2) is 37.1 Å². The molecule has 0 aliphatic rings. The van der Waals surface area contributed by atoms with Crippen molar-refractivity contribution in [2.45, 2.75) is 13.0 Å². The normalized spacial score (nSPS) is 11.6. The molecule has 0 heterocycles. The van der Waals surface area contributed by atoms with E-state index in [2.05, 4.69) is 5.32 Å². The van der Waals surface area contributed by atoms with Gasteiger partial charge in [-0.3, -0.25) is 14.9 Å². The van der Waals surface area contributed by atoms with Crippen molar-refractivity contribution in [1.82, 2.24) is 0 Å². The van der Waals surface area contributed by atoms with Crippen LogP contribution in [0.25, 0.3) is 6.08 Å². The first-order valence-electron chi connectivity index (χ1n) is 8.50. The van der Waals surface area contributed by atoms with Gasteiger partial charge in [0.15, 0.2) is 6.10 Å². The van der Waals surface area contributed by atoms with Crippen molar-refractivity contribution in [2.75, 3.05) is 19.5 Å². The van der Waals surface area contributed by atoms with Gasteiger partial charge in [-0.1, -0.05) is 12.1 Å². The van der Waals surface area contributed by atoms with E-state index in [0.29, 0.717) is 5.75 Å². The number of methoxy groups -OCH3 is 2. The lowest BCUT2D eigenvalue weighted by molar-refractivity contribution is -0.384. The molecule has 29 heavy (non-hydrogen) atoms. The van der Waals surface area contributed by atoms with Gasteiger partial charge in [-0.05, 0) is 36.8 Å². The summed E-state index contributed by atoms with van der Waals surface area (Å²) in [5, 5.41) is 13.4. The number of esters is 1. The second-order valence-electron chi connectivity index (χ2n) is 5.82. The molecule has 0 fully saturated rings. The predicted molar refractivity (Wildman–Crippen MR) is 106 cm³/mol. The number of ether oxygens (including phenoxy) is 3. The molecule has 0 spiro atoms. The Morgan fingerprint density at radius 2 is 1.90 bits per heavy atom. The van der Waals surface area contributed by atoms with Gasteiger partial charge in [0.25, 0.3) is 11.6 Å². The molecule has 0 aliphatic heterocycles. The molecule has 1 atom stereocenters. The second-order valence-corrected chi connectivity index (χ2v) is 5.82. The molecule has 0 aliphatic carbocycles. The van der Waals surface area contributed by atoms with Crippen molar-refractivity contribution < 1.29 is 28.7 Å². The molecular weight excluding hydrogens is 380 g/mol. The zero-order chi connectivity index (χ0) is 21.4. The molecule has 0 aromatic heterocycles. The highest BCUT2D eigenvalue weighted by Crippen LogP contribution is 2.29. The van der Waals surface area contributed by atoms with Crippen LogP contribution in [0.4, 0.5) is 11.4 Å². The summed E-state index contributed by atoms with van der Waals surface area (Å²) < 4.78 is 15.3. The fraction of sp³-hybridized carbons (Fsp3) is 0.200. The number of non-ortho nitro benzene ring substituents is 1. The van der Waals surface area contributed by atoms with Crippen LogP contribution in [0.15, 0.2) is 48.5 Å². The quantitative estimate of drug-likeness (QED) is 0.313. The summed E-state index contributed by atoms with van der Waals surface area (Å²) in [5.41, 5.74) is 0.605. The molecule has 0 unspecified atom stereocenters. The summed E-state index contributed by atoms with van der Waals surface area (Å²) in [6.07, 6.45) is 1.58. The van der Waals surface area contributed by atoms with E-state index in [0.717, 1.165) is 11.6 Å². The Hall–Kier alpha value is -3.88. The highest BCUT2D eigenvalue weighted by Gasteiger charge is 2.20. The molecule has 1 N–H and O–H groups in total. The average molecular weight is 400 g/mol. The molecule has 9 nitrogen and oxygen atoms in total. The van der Waals surface area contributed by atoms with Crippen LogP contribution in [0.2, 0.25) is 0 Å². The number of nitrogens with zero attached hydrogens (tertiary/aromatic N) is 1. The Morgan fingerprint density at radius 3 is 2.55 bits per heavy atom. The van der Waals surface area contributed by atoms with Crippen molar-refractivity contribution in [3.63, 3.8) is 0 Å². The highest BCUT2D eigenvalue weighted by molar-refractivity contribution is 5.97. The number of benzene rings is 2. The summed E-state index contributed by atoms with van der Waals surface area (Å²) in [7, 11) is 2.90. The third-order valence-electron chi connectivity index (χ3n) is 3.82. The van der Waals surface area contributed by atoms with Crippen LogP contribution in [0, 0.1) is 10.1 Å². The lowest BCUT2D eigenvalue weighted by atomic mass is 10.2. The van der Waals surface area contributed by atoms with Crippen molar-refractivity contribution >= 4 is 29.3 Å². The van der Waals surface area contributed by atoms with Gasteiger partial charge >= 0.3 is 5.97 Å². The highest BCUT2D eigenvalue weighted by atomic mass is 16.6. The summed E-state index contributed by atoms with van der Waals surface area (Å²) in [5.74, 6) is -0.507. The summed E-state index contributed by atoms with van der Waals surface area (Å²) in [4.78, 5) is 34.6. The Bertz CT molecular complexity index is 940. The summed E-state index contributed by atoms with van der Waals surface area (Å²) >= 11 is 0. The monoisotopic (exact) mass is 400 g/mol. The number of nitrogens with one attached hydrogen (secondary N) is 1. The van der Waals surface area contributed by atoms with Gasteiger partial charge in [0.1, 0.15) is 11.5 Å². The Kier molecular flexibility index (Phi) is 7.30. The molecule has 0 saturated carbocycles. The molecule has 2 aromatic rings. The molecule has 1 amide bonds. The number of anilines is 1. The molecule has 2 rings (SSSR count). The number of nitro benzene ring substituents is 1. The van der Waals surface area contributed by atoms with E-state index in [4.69, 9.17) is 14.2 Å². The van der Waals surface area contributed by atoms with Gasteiger partial charge in [-0.2, -0.15) is 0 Å². The van der Waals surface area contributed by atoms with Gasteiger partial charge in [0, 0.05) is 18.2 Å². The molecule has 0 bridgehead atoms. The number of rotatable bonds is 8. The van der Waals surface area contributed by atoms with E-state index in [1.54, 1.807) is 24.3 Å². The number of carbonyl (C=O) groups excluding carboxylic acids is 2. The van der Waals surface area contributed by atoms with Crippen LogP contribution in [0.5, 0.6) is 11.5 Å². The predicted octanol–water partition coefficient (Wildman–Crippen LogP) is 3.20. The lowest BCUT2D eigenvalue weighted by Gasteiger charge is -2.14. The van der Waals surface area contributed by atoms with E-state index in [1.165, 1.54) is 45.4 Å². The molecule has 152 valence electrons. The number of hydrogen-bond donors (Lipinski definition) is 1. The molecule has 0 radical (unpaired) electrons. The van der Waals surface area contributed by atoms with Crippen LogP contribution in [0.1, 0.15) is 12.5 Å². The third-order valence-corrected chi connectivity index (χ3v) is 3.82. The average Bonchev–Trinajstić information content (AvgIpc) is 2.72. The minimum absolute atomic E-state index is 0.0986. The number of hydrogen-bond acceptors (Lipinski definition) is 7. The second kappa shape index (κ2) is 9.88. The number of carbonyl (C=O) groups is 2. The fourth-order valence-corrected chi connectivity index (χ4v) is 2.32. The largest absolute Gasteiger partial charge is 0.497 e. The smallest absolute Gasteiger partial charge is 0.331 e. The van der Waals surface area contributed by atoms with Gasteiger partial charge < -0.3 is 19.5 Å². The van der Waals surface area contributed by atoms with Gasteiger partial charge in [0.05, 0.1) is 24.8 Å². The molecular formula is C20H20N2O7. The minimum atomic E-state index is -1.14. The van der Waals surface area contributed by atoms with Crippen molar-refractivity contribution in [2.24, 2.45) is 0 Å². The summed E-state index contributed by atoms with van der Waals surface area (Å²) in [6.45, 7) is 1.39. The number of nitro groups is 1. The Morgan fingerprint density at radius 1 is 1.14 bits per heavy atom. The van der Waals surface area contributed by atoms with E-state index in [-0.39, 0.29) is 17.1 Å². The third kappa shape index (κ3) is 6.06. The van der Waals surface area contributed by atoms with E-state index >= 15 is 0 Å². The molecule has 2 aromatic carbocycles. The maximum atomic E-state index is 12.3. The number of amides is 1.